The number of allylic oxidation sites excluding steroid dienone is 2. The quantitative estimate of drug-likeness (QED) is 0.570. The van der Waals surface area contributed by atoms with Gasteiger partial charge in [0.1, 0.15) is 0 Å². The molecule has 2 aliphatic carbocycles. The van der Waals surface area contributed by atoms with Crippen molar-refractivity contribution in [3.63, 3.8) is 0 Å². The van der Waals surface area contributed by atoms with Crippen LogP contribution in [0.2, 0.25) is 15.8 Å². The predicted molar refractivity (Wildman–Crippen MR) is 72.1 cm³/mol. The molecule has 1 fully saturated rings. The summed E-state index contributed by atoms with van der Waals surface area (Å²) in [5.74, 6) is 1.45. The molecule has 0 N–H and O–H groups in total. The summed E-state index contributed by atoms with van der Waals surface area (Å²) in [6.07, 6.45) is 6.74. The zero-order valence-corrected chi connectivity index (χ0v) is 13.3. The zero-order chi connectivity index (χ0) is 12.5. The zero-order valence-electron chi connectivity index (χ0n) is 11.2. The van der Waals surface area contributed by atoms with Crippen LogP contribution in [0.4, 0.5) is 0 Å². The van der Waals surface area contributed by atoms with Crippen LogP contribution in [0.3, 0.4) is 0 Å². The van der Waals surface area contributed by atoms with Crippen molar-refractivity contribution in [3.05, 3.63) is 12.2 Å². The van der Waals surface area contributed by atoms with Gasteiger partial charge in [-0.3, -0.25) is 0 Å². The van der Waals surface area contributed by atoms with Gasteiger partial charge in [-0.05, 0) is 0 Å². The van der Waals surface area contributed by atoms with Gasteiger partial charge < -0.3 is 0 Å². The molecule has 1 saturated carbocycles. The van der Waals surface area contributed by atoms with E-state index in [-0.39, 0.29) is 11.9 Å². The fourth-order valence-electron chi connectivity index (χ4n) is 3.31. The maximum absolute atomic E-state index is 12.3. The van der Waals surface area contributed by atoms with Crippen molar-refractivity contribution in [2.24, 2.45) is 17.8 Å². The van der Waals surface area contributed by atoms with Crippen molar-refractivity contribution >= 4 is 19.6 Å². The van der Waals surface area contributed by atoms with Gasteiger partial charge in [0.2, 0.25) is 0 Å². The van der Waals surface area contributed by atoms with Crippen LogP contribution in [0.1, 0.15) is 33.6 Å². The van der Waals surface area contributed by atoms with Gasteiger partial charge in [-0.1, -0.05) is 0 Å². The summed E-state index contributed by atoms with van der Waals surface area (Å²) in [6.45, 7) is 6.59. The molecule has 17 heavy (non-hydrogen) atoms. The van der Waals surface area contributed by atoms with Gasteiger partial charge in [0.15, 0.2) is 0 Å². The molecule has 0 heterocycles. The number of hydrogen-bond acceptors (Lipinski definition) is 2. The van der Waals surface area contributed by atoms with Crippen molar-refractivity contribution in [1.82, 2.24) is 0 Å². The summed E-state index contributed by atoms with van der Waals surface area (Å²) in [5.41, 5.74) is 0. The average Bonchev–Trinajstić information content (AvgIpc) is 2.98. The molecule has 0 aromatic carbocycles. The molecule has 3 heteroatoms. The van der Waals surface area contributed by atoms with Crippen molar-refractivity contribution < 1.29 is 8.56 Å². The summed E-state index contributed by atoms with van der Waals surface area (Å²) in [4.78, 5) is 12.3. The maximum atomic E-state index is 12.3. The Morgan fingerprint density at radius 1 is 1.18 bits per heavy atom. The van der Waals surface area contributed by atoms with E-state index in [2.05, 4.69) is 32.9 Å². The third-order valence-electron chi connectivity index (χ3n) is 4.83. The van der Waals surface area contributed by atoms with Gasteiger partial charge in [0.25, 0.3) is 0 Å². The second-order valence-electron chi connectivity index (χ2n) is 5.55. The number of rotatable bonds is 5. The Morgan fingerprint density at radius 2 is 1.82 bits per heavy atom. The summed E-state index contributed by atoms with van der Waals surface area (Å²) >= 11 is -2.28. The van der Waals surface area contributed by atoms with Crippen LogP contribution in [0.25, 0.3) is 0 Å². The fraction of sp³-hybridized carbons (Fsp3) is 0.786. The van der Waals surface area contributed by atoms with Gasteiger partial charge in [0, 0.05) is 0 Å². The fourth-order valence-corrected chi connectivity index (χ4v) is 8.58. The molecule has 2 nitrogen and oxygen atoms in total. The van der Waals surface area contributed by atoms with E-state index in [1.807, 2.05) is 0 Å². The van der Waals surface area contributed by atoms with E-state index in [0.29, 0.717) is 11.8 Å². The number of carbonyl (C=O) groups is 1. The third kappa shape index (κ3) is 2.47. The summed E-state index contributed by atoms with van der Waals surface area (Å²) < 4.78 is 6.04. The Labute approximate surface area is 108 Å². The summed E-state index contributed by atoms with van der Waals surface area (Å²) in [7, 11) is 0. The van der Waals surface area contributed by atoms with Crippen molar-refractivity contribution in [2.45, 2.75) is 49.4 Å². The Bertz CT molecular complexity index is 312. The van der Waals surface area contributed by atoms with Crippen molar-refractivity contribution in [3.8, 4) is 0 Å². The molecule has 2 bridgehead atoms. The number of fused-ring (bicyclic) bond motifs is 2. The van der Waals surface area contributed by atoms with Gasteiger partial charge in [-0.15, -0.1) is 0 Å². The van der Waals surface area contributed by atoms with Crippen LogP contribution in [0, 0.1) is 17.8 Å². The Balaban J connectivity index is 1.99. The Kier molecular flexibility index (Phi) is 4.01. The minimum absolute atomic E-state index is 0.132. The van der Waals surface area contributed by atoms with E-state index in [1.54, 1.807) is 0 Å². The molecule has 0 aliphatic heterocycles. The molecule has 0 aromatic rings. The molecular weight excluding hydrogens is 273 g/mol. The van der Waals surface area contributed by atoms with E-state index in [0.717, 1.165) is 22.2 Å². The second-order valence-corrected chi connectivity index (χ2v) is 15.4. The first-order valence-electron chi connectivity index (χ1n) is 7.05. The van der Waals surface area contributed by atoms with Gasteiger partial charge in [-0.2, -0.15) is 0 Å². The molecule has 0 spiro atoms. The molecule has 0 saturated heterocycles. The second kappa shape index (κ2) is 5.17. The molecular formula is C14H24GeO2. The molecule has 3 atom stereocenters. The van der Waals surface area contributed by atoms with Crippen LogP contribution in [-0.2, 0) is 8.56 Å². The molecule has 2 aliphatic rings. The summed E-state index contributed by atoms with van der Waals surface area (Å²) in [5, 5.41) is 3.32. The van der Waals surface area contributed by atoms with Gasteiger partial charge in [-0.25, -0.2) is 0 Å². The average molecular weight is 297 g/mol. The first-order valence-corrected chi connectivity index (χ1v) is 12.4. The van der Waals surface area contributed by atoms with E-state index >= 15 is 0 Å². The molecule has 0 radical (unpaired) electrons. The van der Waals surface area contributed by atoms with Crippen molar-refractivity contribution in [2.75, 3.05) is 0 Å². The van der Waals surface area contributed by atoms with Gasteiger partial charge in [0.05, 0.1) is 0 Å². The third-order valence-corrected chi connectivity index (χ3v) is 14.3. The molecule has 96 valence electrons. The van der Waals surface area contributed by atoms with E-state index in [9.17, 15) is 4.79 Å². The Morgan fingerprint density at radius 3 is 2.24 bits per heavy atom. The van der Waals surface area contributed by atoms with Gasteiger partial charge >= 0.3 is 107 Å². The minimum atomic E-state index is -2.28. The Hall–Kier alpha value is -0.247. The van der Waals surface area contributed by atoms with Crippen molar-refractivity contribution in [1.29, 1.82) is 0 Å². The number of carbonyl (C=O) groups excluding carboxylic acids is 1. The standard InChI is InChI=1S/C14H24GeO2/c1-4-15(5-2,6-3)17-14(16)13-10-11-7-8-12(13)9-11/h7-8,11-13H,4-6,9-10H2,1-3H3. The van der Waals surface area contributed by atoms with Crippen LogP contribution < -0.4 is 0 Å². The topological polar surface area (TPSA) is 26.3 Å². The van der Waals surface area contributed by atoms with Crippen LogP contribution >= 0.6 is 0 Å². The monoisotopic (exact) mass is 298 g/mol. The van der Waals surface area contributed by atoms with E-state index in [1.165, 1.54) is 6.42 Å². The first-order chi connectivity index (χ1) is 8.14. The van der Waals surface area contributed by atoms with E-state index < -0.39 is 13.6 Å². The van der Waals surface area contributed by atoms with E-state index in [4.69, 9.17) is 3.76 Å². The van der Waals surface area contributed by atoms with Crippen LogP contribution in [0.15, 0.2) is 12.2 Å². The molecule has 2 rings (SSSR count). The normalized spacial score (nSPS) is 30.9. The van der Waals surface area contributed by atoms with Crippen LogP contribution in [0.5, 0.6) is 0 Å². The predicted octanol–water partition coefficient (Wildman–Crippen LogP) is 3.75. The molecule has 0 amide bonds. The van der Waals surface area contributed by atoms with Crippen LogP contribution in [-0.4, -0.2) is 19.6 Å². The first kappa shape index (κ1) is 13.2. The number of hydrogen-bond donors (Lipinski definition) is 0. The SMILES string of the molecule is C[CH2][Ge]([CH2]C)([CH2]C)[O]C(=O)C1CC2C=CC1C2. The summed E-state index contributed by atoms with van der Waals surface area (Å²) in [6, 6.07) is 0. The molecule has 0 aromatic heterocycles. The molecule has 3 unspecified atom stereocenters.